The van der Waals surface area contributed by atoms with Crippen molar-refractivity contribution < 1.29 is 19.0 Å². The van der Waals surface area contributed by atoms with Gasteiger partial charge in [-0.25, -0.2) is 9.97 Å². The number of nitrogens with one attached hydrogen (secondary N) is 2. The quantitative estimate of drug-likeness (QED) is 0.543. The van der Waals surface area contributed by atoms with Crippen molar-refractivity contribution in [1.29, 1.82) is 0 Å². The summed E-state index contributed by atoms with van der Waals surface area (Å²) < 4.78 is 17.5. The number of aryl methyl sites for hydroxylation is 1. The normalized spacial score (nSPS) is 26.7. The molecule has 0 aliphatic carbocycles. The monoisotopic (exact) mass is 523 g/mol. The van der Waals surface area contributed by atoms with Crippen LogP contribution in [-0.2, 0) is 14.2 Å². The third-order valence-electron chi connectivity index (χ3n) is 8.03. The molecule has 1 unspecified atom stereocenters. The van der Waals surface area contributed by atoms with Crippen LogP contribution in [0.4, 0.5) is 5.82 Å². The van der Waals surface area contributed by atoms with E-state index in [0.29, 0.717) is 49.8 Å². The van der Waals surface area contributed by atoms with E-state index in [9.17, 15) is 4.79 Å². The number of carbonyl (C=O) groups excluding carboxylic acids is 1. The van der Waals surface area contributed by atoms with Crippen molar-refractivity contribution in [1.82, 2.24) is 20.2 Å². The van der Waals surface area contributed by atoms with Crippen LogP contribution in [0, 0.1) is 6.92 Å². The van der Waals surface area contributed by atoms with Crippen molar-refractivity contribution in [3.8, 4) is 0 Å². The van der Waals surface area contributed by atoms with Gasteiger partial charge in [-0.3, -0.25) is 4.79 Å². The van der Waals surface area contributed by atoms with Gasteiger partial charge in [-0.05, 0) is 51.0 Å². The Morgan fingerprint density at radius 3 is 2.71 bits per heavy atom. The summed E-state index contributed by atoms with van der Waals surface area (Å²) in [6.07, 6.45) is 7.74. The Balaban J connectivity index is 1.10. The molecule has 0 bridgehead atoms. The fourth-order valence-corrected chi connectivity index (χ4v) is 5.71. The van der Waals surface area contributed by atoms with Gasteiger partial charge in [0.1, 0.15) is 17.8 Å². The Labute approximate surface area is 225 Å². The summed E-state index contributed by atoms with van der Waals surface area (Å²) in [6.45, 7) is 5.57. The number of nitrogens with zero attached hydrogens (tertiary/aromatic N) is 3. The van der Waals surface area contributed by atoms with Gasteiger partial charge in [-0.1, -0.05) is 29.8 Å². The lowest BCUT2D eigenvalue weighted by atomic mass is 9.97. The van der Waals surface area contributed by atoms with Gasteiger partial charge in [0.25, 0.3) is 5.91 Å². The number of aromatic nitrogens is 2. The smallest absolute Gasteiger partial charge is 0.272 e. The molecule has 4 atom stereocenters. The first kappa shape index (κ1) is 27.0. The van der Waals surface area contributed by atoms with E-state index in [2.05, 4.69) is 51.8 Å². The number of rotatable bonds is 8. The van der Waals surface area contributed by atoms with Crippen molar-refractivity contribution in [2.75, 3.05) is 45.3 Å². The van der Waals surface area contributed by atoms with E-state index in [1.165, 1.54) is 17.5 Å². The lowest BCUT2D eigenvalue weighted by Crippen LogP contribution is -2.54. The Bertz CT molecular complexity index is 1040. The molecular formula is C29H41N5O4. The van der Waals surface area contributed by atoms with Crippen LogP contribution in [0.3, 0.4) is 0 Å². The molecule has 3 saturated heterocycles. The second-order valence-corrected chi connectivity index (χ2v) is 10.7. The highest BCUT2D eigenvalue weighted by Gasteiger charge is 2.31. The highest BCUT2D eigenvalue weighted by Crippen LogP contribution is 2.31. The molecule has 0 saturated carbocycles. The zero-order chi connectivity index (χ0) is 26.3. The maximum absolute atomic E-state index is 13.2. The molecule has 0 radical (unpaired) electrons. The Morgan fingerprint density at radius 2 is 1.92 bits per heavy atom. The van der Waals surface area contributed by atoms with Crippen LogP contribution in [0.2, 0.25) is 0 Å². The van der Waals surface area contributed by atoms with Crippen molar-refractivity contribution in [3.63, 3.8) is 0 Å². The minimum absolute atomic E-state index is 0.0388. The maximum Gasteiger partial charge on any atom is 0.272 e. The van der Waals surface area contributed by atoms with Gasteiger partial charge in [-0.15, -0.1) is 0 Å². The molecule has 3 fully saturated rings. The number of anilines is 1. The first-order valence-corrected chi connectivity index (χ1v) is 14.0. The molecular weight excluding hydrogens is 482 g/mol. The second-order valence-electron chi connectivity index (χ2n) is 10.7. The van der Waals surface area contributed by atoms with Crippen LogP contribution >= 0.6 is 0 Å². The SMILES string of the molecule is CO[C@@H]1COCC[C@@H]1NC1CCN(C(=O)c2cc(NCC3CCC[C@@H](c4ccc(C)cc4)O3)ncn2)CC1. The lowest BCUT2D eigenvalue weighted by Gasteiger charge is -2.38. The number of ether oxygens (including phenoxy) is 3. The second kappa shape index (κ2) is 13.0. The van der Waals surface area contributed by atoms with E-state index in [1.54, 1.807) is 13.2 Å². The average molecular weight is 524 g/mol. The molecule has 1 aromatic heterocycles. The van der Waals surface area contributed by atoms with Gasteiger partial charge in [-0.2, -0.15) is 0 Å². The topological polar surface area (TPSA) is 97.8 Å². The zero-order valence-electron chi connectivity index (χ0n) is 22.6. The standard InChI is InChI=1S/C29H41N5O4/c1-20-6-8-21(9-7-20)26-5-3-4-23(38-26)17-30-28-16-25(31-19-32-28)29(35)34-13-10-22(11-14-34)33-24-12-15-37-18-27(24)36-2/h6-9,16,19,22-24,26-27,33H,3-5,10-15,17-18H2,1-2H3,(H,30,31,32)/t23?,24-,26-,27+/m0/s1. The van der Waals surface area contributed by atoms with Crippen LogP contribution in [0.1, 0.15) is 66.2 Å². The van der Waals surface area contributed by atoms with Crippen LogP contribution in [-0.4, -0.2) is 85.0 Å². The van der Waals surface area contributed by atoms with Crippen molar-refractivity contribution >= 4 is 11.7 Å². The third kappa shape index (κ3) is 6.88. The molecule has 5 rings (SSSR count). The molecule has 9 heteroatoms. The largest absolute Gasteiger partial charge is 0.379 e. The molecule has 206 valence electrons. The first-order chi connectivity index (χ1) is 18.6. The van der Waals surface area contributed by atoms with Gasteiger partial charge in [0.2, 0.25) is 0 Å². The van der Waals surface area contributed by atoms with Crippen LogP contribution in [0.5, 0.6) is 0 Å². The fraction of sp³-hybridized carbons (Fsp3) is 0.621. The van der Waals surface area contributed by atoms with Crippen LogP contribution in [0.25, 0.3) is 0 Å². The highest BCUT2D eigenvalue weighted by molar-refractivity contribution is 5.93. The molecule has 0 spiro atoms. The summed E-state index contributed by atoms with van der Waals surface area (Å²) in [7, 11) is 1.74. The molecule has 1 aromatic carbocycles. The fourth-order valence-electron chi connectivity index (χ4n) is 5.71. The Kier molecular flexibility index (Phi) is 9.22. The predicted molar refractivity (Wildman–Crippen MR) is 145 cm³/mol. The van der Waals surface area contributed by atoms with E-state index < -0.39 is 0 Å². The van der Waals surface area contributed by atoms with Crippen LogP contribution in [0.15, 0.2) is 36.7 Å². The van der Waals surface area contributed by atoms with Gasteiger partial charge in [0, 0.05) is 51.5 Å². The van der Waals surface area contributed by atoms with Gasteiger partial charge >= 0.3 is 0 Å². The minimum atomic E-state index is -0.0388. The lowest BCUT2D eigenvalue weighted by molar-refractivity contribution is -0.0533. The molecule has 4 heterocycles. The summed E-state index contributed by atoms with van der Waals surface area (Å²) in [6, 6.07) is 11.1. The molecule has 3 aliphatic heterocycles. The number of hydrogen-bond donors (Lipinski definition) is 2. The number of benzene rings is 1. The highest BCUT2D eigenvalue weighted by atomic mass is 16.5. The third-order valence-corrected chi connectivity index (χ3v) is 8.03. The molecule has 2 aromatic rings. The Morgan fingerprint density at radius 1 is 1.11 bits per heavy atom. The number of likely N-dealkylation sites (tertiary alicyclic amines) is 1. The number of piperidine rings is 1. The van der Waals surface area contributed by atoms with Crippen molar-refractivity contribution in [2.24, 2.45) is 0 Å². The van der Waals surface area contributed by atoms with Gasteiger partial charge in [0.05, 0.1) is 24.9 Å². The zero-order valence-corrected chi connectivity index (χ0v) is 22.6. The minimum Gasteiger partial charge on any atom is -0.379 e. The Hall–Kier alpha value is -2.59. The van der Waals surface area contributed by atoms with E-state index in [1.807, 2.05) is 4.90 Å². The van der Waals surface area contributed by atoms with E-state index in [0.717, 1.165) is 45.1 Å². The summed E-state index contributed by atoms with van der Waals surface area (Å²) in [4.78, 5) is 23.7. The maximum atomic E-state index is 13.2. The van der Waals surface area contributed by atoms with E-state index >= 15 is 0 Å². The number of methoxy groups -OCH3 is 1. The molecule has 9 nitrogen and oxygen atoms in total. The van der Waals surface area contributed by atoms with Gasteiger partial charge in [0.15, 0.2) is 0 Å². The van der Waals surface area contributed by atoms with Crippen molar-refractivity contribution in [3.05, 3.63) is 53.5 Å². The molecule has 38 heavy (non-hydrogen) atoms. The predicted octanol–water partition coefficient (Wildman–Crippen LogP) is 3.51. The molecule has 1 amide bonds. The summed E-state index contributed by atoms with van der Waals surface area (Å²) >= 11 is 0. The molecule has 2 N–H and O–H groups in total. The summed E-state index contributed by atoms with van der Waals surface area (Å²) in [5.74, 6) is 0.620. The first-order valence-electron chi connectivity index (χ1n) is 14.0. The van der Waals surface area contributed by atoms with E-state index in [-0.39, 0.29) is 24.2 Å². The summed E-state index contributed by atoms with van der Waals surface area (Å²) in [5.41, 5.74) is 2.92. The van der Waals surface area contributed by atoms with E-state index in [4.69, 9.17) is 14.2 Å². The molecule has 3 aliphatic rings. The number of amides is 1. The number of hydrogen-bond acceptors (Lipinski definition) is 8. The van der Waals surface area contributed by atoms with Crippen LogP contribution < -0.4 is 10.6 Å². The average Bonchev–Trinajstić information content (AvgIpc) is 2.97. The van der Waals surface area contributed by atoms with Crippen molar-refractivity contribution in [2.45, 2.75) is 75.8 Å². The number of carbonyl (C=O) groups is 1. The van der Waals surface area contributed by atoms with Gasteiger partial charge < -0.3 is 29.7 Å². The summed E-state index contributed by atoms with van der Waals surface area (Å²) in [5, 5.41) is 7.12.